The average Bonchev–Trinajstić information content (AvgIpc) is 2.69. The monoisotopic (exact) mass is 388 g/mol. The van der Waals surface area contributed by atoms with Crippen LogP contribution in [-0.4, -0.2) is 12.6 Å². The van der Waals surface area contributed by atoms with E-state index in [4.69, 9.17) is 4.74 Å². The van der Waals surface area contributed by atoms with E-state index in [2.05, 4.69) is 11.7 Å². The van der Waals surface area contributed by atoms with E-state index < -0.39 is 6.61 Å². The second-order valence-electron chi connectivity index (χ2n) is 7.35. The molecule has 5 heteroatoms. The minimum atomic E-state index is -2.83. The van der Waals surface area contributed by atoms with Gasteiger partial charge in [-0.2, -0.15) is 8.78 Å². The number of hydrogen-bond donors (Lipinski definition) is 0. The van der Waals surface area contributed by atoms with Crippen molar-refractivity contribution in [2.24, 2.45) is 11.8 Å². The molecule has 0 atom stereocenters. The molecule has 2 aromatic carbocycles. The van der Waals surface area contributed by atoms with Crippen molar-refractivity contribution in [3.05, 3.63) is 48.5 Å². The van der Waals surface area contributed by atoms with Gasteiger partial charge in [0.05, 0.1) is 5.92 Å². The van der Waals surface area contributed by atoms with Gasteiger partial charge in [0, 0.05) is 0 Å². The van der Waals surface area contributed by atoms with Crippen molar-refractivity contribution in [3.8, 4) is 22.6 Å². The standard InChI is InChI=1S/C23H26F2O3/c1-2-3-16-4-6-19(7-5-16)22(26)27-20-12-8-17(9-13-20)18-10-14-21(15-11-18)28-23(24)25/h8-16,19,23H,2-7H2,1H3/t16-,19-. The Labute approximate surface area is 164 Å². The molecule has 0 heterocycles. The molecule has 0 aliphatic heterocycles. The van der Waals surface area contributed by atoms with Crippen LogP contribution in [0.5, 0.6) is 11.5 Å². The highest BCUT2D eigenvalue weighted by molar-refractivity contribution is 5.75. The Hall–Kier alpha value is -2.43. The Morgan fingerprint density at radius 3 is 1.96 bits per heavy atom. The van der Waals surface area contributed by atoms with E-state index in [-0.39, 0.29) is 17.6 Å². The summed E-state index contributed by atoms with van der Waals surface area (Å²) in [6, 6.07) is 13.7. The maximum Gasteiger partial charge on any atom is 0.387 e. The average molecular weight is 388 g/mol. The molecule has 3 rings (SSSR count). The summed E-state index contributed by atoms with van der Waals surface area (Å²) in [6.07, 6.45) is 6.49. The quantitative estimate of drug-likeness (QED) is 0.403. The van der Waals surface area contributed by atoms with Crippen molar-refractivity contribution in [1.29, 1.82) is 0 Å². The van der Waals surface area contributed by atoms with Gasteiger partial charge in [-0.1, -0.05) is 44.0 Å². The number of carbonyl (C=O) groups is 1. The Morgan fingerprint density at radius 2 is 1.46 bits per heavy atom. The Morgan fingerprint density at radius 1 is 0.929 bits per heavy atom. The zero-order valence-electron chi connectivity index (χ0n) is 16.1. The van der Waals surface area contributed by atoms with Gasteiger partial charge >= 0.3 is 12.6 Å². The molecular formula is C23H26F2O3. The highest BCUT2D eigenvalue weighted by Crippen LogP contribution is 2.33. The van der Waals surface area contributed by atoms with E-state index in [1.54, 1.807) is 24.3 Å². The number of ether oxygens (including phenoxy) is 2. The summed E-state index contributed by atoms with van der Waals surface area (Å²) in [5.74, 6) is 1.26. The van der Waals surface area contributed by atoms with E-state index in [9.17, 15) is 13.6 Å². The third-order valence-electron chi connectivity index (χ3n) is 5.36. The normalized spacial score (nSPS) is 19.4. The number of alkyl halides is 2. The lowest BCUT2D eigenvalue weighted by Gasteiger charge is -2.26. The van der Waals surface area contributed by atoms with Crippen LogP contribution in [0, 0.1) is 11.8 Å². The van der Waals surface area contributed by atoms with Crippen LogP contribution in [0.4, 0.5) is 8.78 Å². The van der Waals surface area contributed by atoms with E-state index >= 15 is 0 Å². The number of carbonyl (C=O) groups excluding carboxylic acids is 1. The number of esters is 1. The lowest BCUT2D eigenvalue weighted by Crippen LogP contribution is -2.25. The molecule has 0 unspecified atom stereocenters. The second kappa shape index (κ2) is 9.67. The predicted octanol–water partition coefficient (Wildman–Crippen LogP) is 6.47. The van der Waals surface area contributed by atoms with Crippen LogP contribution in [0.3, 0.4) is 0 Å². The predicted molar refractivity (Wildman–Crippen MR) is 105 cm³/mol. The lowest BCUT2D eigenvalue weighted by molar-refractivity contribution is -0.140. The van der Waals surface area contributed by atoms with E-state index in [1.165, 1.54) is 25.0 Å². The van der Waals surface area contributed by atoms with Gasteiger partial charge in [0.2, 0.25) is 0 Å². The molecule has 28 heavy (non-hydrogen) atoms. The minimum Gasteiger partial charge on any atom is -0.435 e. The van der Waals surface area contributed by atoms with Crippen LogP contribution < -0.4 is 9.47 Å². The maximum absolute atomic E-state index is 12.4. The van der Waals surface area contributed by atoms with Gasteiger partial charge in [0.1, 0.15) is 11.5 Å². The molecule has 1 aliphatic rings. The summed E-state index contributed by atoms with van der Waals surface area (Å²) in [4.78, 5) is 12.4. The molecule has 150 valence electrons. The molecule has 1 saturated carbocycles. The fourth-order valence-corrected chi connectivity index (χ4v) is 3.84. The van der Waals surface area contributed by atoms with Crippen LogP contribution in [0.25, 0.3) is 11.1 Å². The highest BCUT2D eigenvalue weighted by atomic mass is 19.3. The van der Waals surface area contributed by atoms with Crippen LogP contribution in [-0.2, 0) is 4.79 Å². The summed E-state index contributed by atoms with van der Waals surface area (Å²) in [6.45, 7) is -0.628. The zero-order chi connectivity index (χ0) is 19.9. The lowest BCUT2D eigenvalue weighted by atomic mass is 9.80. The van der Waals surface area contributed by atoms with Crippen LogP contribution in [0.2, 0.25) is 0 Å². The largest absolute Gasteiger partial charge is 0.435 e. The smallest absolute Gasteiger partial charge is 0.387 e. The topological polar surface area (TPSA) is 35.5 Å². The second-order valence-corrected chi connectivity index (χ2v) is 7.35. The van der Waals surface area contributed by atoms with Crippen LogP contribution in [0.1, 0.15) is 45.4 Å². The van der Waals surface area contributed by atoms with Crippen LogP contribution in [0.15, 0.2) is 48.5 Å². The molecule has 2 aromatic rings. The summed E-state index contributed by atoms with van der Waals surface area (Å²) < 4.78 is 34.3. The molecule has 0 aromatic heterocycles. The van der Waals surface area contributed by atoms with E-state index in [1.807, 2.05) is 12.1 Å². The molecule has 1 fully saturated rings. The van der Waals surface area contributed by atoms with E-state index in [0.717, 1.165) is 42.7 Å². The van der Waals surface area contributed by atoms with Gasteiger partial charge in [-0.05, 0) is 67.0 Å². The molecule has 0 bridgehead atoms. The molecule has 1 aliphatic carbocycles. The van der Waals surface area contributed by atoms with Crippen LogP contribution >= 0.6 is 0 Å². The first-order chi connectivity index (χ1) is 13.5. The fraction of sp³-hybridized carbons (Fsp3) is 0.435. The number of rotatable bonds is 7. The van der Waals surface area contributed by atoms with Crippen molar-refractivity contribution >= 4 is 5.97 Å². The van der Waals surface area contributed by atoms with Gasteiger partial charge < -0.3 is 9.47 Å². The number of hydrogen-bond acceptors (Lipinski definition) is 3. The highest BCUT2D eigenvalue weighted by Gasteiger charge is 2.27. The number of halogens is 2. The van der Waals surface area contributed by atoms with Gasteiger partial charge in [-0.3, -0.25) is 4.79 Å². The molecular weight excluding hydrogens is 362 g/mol. The van der Waals surface area contributed by atoms with Crippen molar-refractivity contribution in [2.45, 2.75) is 52.1 Å². The van der Waals surface area contributed by atoms with Crippen molar-refractivity contribution in [1.82, 2.24) is 0 Å². The fourth-order valence-electron chi connectivity index (χ4n) is 3.84. The van der Waals surface area contributed by atoms with Crippen molar-refractivity contribution < 1.29 is 23.0 Å². The minimum absolute atomic E-state index is 0.00448. The van der Waals surface area contributed by atoms with Gasteiger partial charge in [-0.25, -0.2) is 0 Å². The molecule has 0 spiro atoms. The van der Waals surface area contributed by atoms with Gasteiger partial charge in [0.25, 0.3) is 0 Å². The summed E-state index contributed by atoms with van der Waals surface area (Å²) >= 11 is 0. The Bertz CT molecular complexity index is 748. The summed E-state index contributed by atoms with van der Waals surface area (Å²) in [5, 5.41) is 0. The molecule has 0 radical (unpaired) electrons. The molecule has 0 saturated heterocycles. The van der Waals surface area contributed by atoms with Gasteiger partial charge in [0.15, 0.2) is 0 Å². The van der Waals surface area contributed by atoms with Crippen molar-refractivity contribution in [2.75, 3.05) is 0 Å². The molecule has 0 amide bonds. The maximum atomic E-state index is 12.4. The van der Waals surface area contributed by atoms with E-state index in [0.29, 0.717) is 5.75 Å². The third kappa shape index (κ3) is 5.54. The first-order valence-corrected chi connectivity index (χ1v) is 9.92. The Balaban J connectivity index is 1.55. The summed E-state index contributed by atoms with van der Waals surface area (Å²) in [5.41, 5.74) is 1.78. The van der Waals surface area contributed by atoms with Crippen molar-refractivity contribution in [3.63, 3.8) is 0 Å². The first kappa shape index (κ1) is 20.3. The number of benzene rings is 2. The summed E-state index contributed by atoms with van der Waals surface area (Å²) in [7, 11) is 0. The SMILES string of the molecule is CCC[C@H]1CC[C@H](C(=O)Oc2ccc(-c3ccc(OC(F)F)cc3)cc2)CC1. The van der Waals surface area contributed by atoms with Gasteiger partial charge in [-0.15, -0.1) is 0 Å². The molecule has 0 N–H and O–H groups in total. The zero-order valence-corrected chi connectivity index (χ0v) is 16.1. The third-order valence-corrected chi connectivity index (χ3v) is 5.36. The molecule has 3 nitrogen and oxygen atoms in total. The Kier molecular flexibility index (Phi) is 7.01. The first-order valence-electron chi connectivity index (χ1n) is 9.92.